The number of aliphatic hydroxyl groups excluding tert-OH is 1. The van der Waals surface area contributed by atoms with Gasteiger partial charge >= 0.3 is 5.69 Å². The number of rotatable bonds is 5. The average Bonchev–Trinajstić information content (AvgIpc) is 2.62. The van der Waals surface area contributed by atoms with E-state index >= 15 is 0 Å². The van der Waals surface area contributed by atoms with Crippen LogP contribution in [-0.2, 0) is 13.1 Å². The van der Waals surface area contributed by atoms with Crippen molar-refractivity contribution in [1.29, 1.82) is 0 Å². The van der Waals surface area contributed by atoms with Crippen LogP contribution < -0.4 is 16.0 Å². The van der Waals surface area contributed by atoms with Crippen LogP contribution in [0.25, 0.3) is 10.9 Å². The van der Waals surface area contributed by atoms with Crippen LogP contribution in [0.2, 0.25) is 0 Å². The topological polar surface area (TPSA) is 73.5 Å². The molecule has 6 nitrogen and oxygen atoms in total. The second kappa shape index (κ2) is 6.94. The lowest BCUT2D eigenvalue weighted by Gasteiger charge is -2.15. The van der Waals surface area contributed by atoms with E-state index in [0.29, 0.717) is 16.7 Å². The summed E-state index contributed by atoms with van der Waals surface area (Å²) >= 11 is 0. The maximum Gasteiger partial charge on any atom is 0.331 e. The predicted octanol–water partition coefficient (Wildman–Crippen LogP) is 1.60. The number of para-hydroxylation sites is 1. The highest BCUT2D eigenvalue weighted by atomic mass is 16.5. The monoisotopic (exact) mass is 340 g/mol. The lowest BCUT2D eigenvalue weighted by molar-refractivity contribution is 0.172. The molecule has 130 valence electrons. The van der Waals surface area contributed by atoms with Crippen molar-refractivity contribution in [3.05, 3.63) is 74.9 Å². The summed E-state index contributed by atoms with van der Waals surface area (Å²) in [6.45, 7) is 1.90. The van der Waals surface area contributed by atoms with E-state index in [9.17, 15) is 14.7 Å². The molecular weight excluding hydrogens is 320 g/mol. The molecule has 1 aromatic heterocycles. The van der Waals surface area contributed by atoms with Gasteiger partial charge in [-0.2, -0.15) is 0 Å². The fourth-order valence-corrected chi connectivity index (χ4v) is 2.86. The van der Waals surface area contributed by atoms with Gasteiger partial charge in [-0.15, -0.1) is 0 Å². The minimum atomic E-state index is -0.701. The third-order valence-corrected chi connectivity index (χ3v) is 4.08. The molecule has 1 N–H and O–H groups in total. The van der Waals surface area contributed by atoms with Gasteiger partial charge in [0.25, 0.3) is 5.56 Å². The van der Waals surface area contributed by atoms with Crippen molar-refractivity contribution in [3.63, 3.8) is 0 Å². The summed E-state index contributed by atoms with van der Waals surface area (Å²) in [5, 5.41) is 10.2. The normalized spacial score (nSPS) is 12.3. The van der Waals surface area contributed by atoms with E-state index in [-0.39, 0.29) is 18.6 Å². The maximum atomic E-state index is 12.9. The summed E-state index contributed by atoms with van der Waals surface area (Å²) in [4.78, 5) is 25.6. The molecule has 0 aliphatic rings. The van der Waals surface area contributed by atoms with Crippen LogP contribution in [0, 0.1) is 0 Å². The molecule has 1 heterocycles. The van der Waals surface area contributed by atoms with Crippen LogP contribution in [0.1, 0.15) is 12.5 Å². The third-order valence-electron chi connectivity index (χ3n) is 4.08. The van der Waals surface area contributed by atoms with Gasteiger partial charge in [-0.3, -0.25) is 13.9 Å². The van der Waals surface area contributed by atoms with Crippen LogP contribution in [-0.4, -0.2) is 27.5 Å². The van der Waals surface area contributed by atoms with Gasteiger partial charge in [0, 0.05) is 0 Å². The van der Waals surface area contributed by atoms with E-state index < -0.39 is 11.8 Å². The van der Waals surface area contributed by atoms with Crippen LogP contribution in [0.4, 0.5) is 0 Å². The highest BCUT2D eigenvalue weighted by Crippen LogP contribution is 2.12. The number of hydrogen-bond acceptors (Lipinski definition) is 4. The Balaban J connectivity index is 2.16. The number of ether oxygens (including phenoxy) is 1. The summed E-state index contributed by atoms with van der Waals surface area (Å²) in [7, 11) is 1.58. The first-order chi connectivity index (χ1) is 12.0. The van der Waals surface area contributed by atoms with Crippen molar-refractivity contribution in [3.8, 4) is 5.75 Å². The fraction of sp³-hybridized carbons (Fsp3) is 0.263. The largest absolute Gasteiger partial charge is 0.497 e. The molecule has 0 aliphatic carbocycles. The first-order valence-corrected chi connectivity index (χ1v) is 8.04. The second-order valence-corrected chi connectivity index (χ2v) is 6.00. The van der Waals surface area contributed by atoms with Gasteiger partial charge in [-0.25, -0.2) is 4.79 Å². The number of fused-ring (bicyclic) bond motifs is 1. The highest BCUT2D eigenvalue weighted by molar-refractivity contribution is 5.77. The summed E-state index contributed by atoms with van der Waals surface area (Å²) in [5.41, 5.74) is 0.585. The molecule has 0 aliphatic heterocycles. The molecule has 0 radical (unpaired) electrons. The Morgan fingerprint density at radius 3 is 2.36 bits per heavy atom. The zero-order valence-electron chi connectivity index (χ0n) is 14.2. The fourth-order valence-electron chi connectivity index (χ4n) is 2.86. The Morgan fingerprint density at radius 2 is 1.72 bits per heavy atom. The number of benzene rings is 2. The van der Waals surface area contributed by atoms with E-state index in [1.165, 1.54) is 9.13 Å². The minimum Gasteiger partial charge on any atom is -0.497 e. The Morgan fingerprint density at radius 1 is 1.04 bits per heavy atom. The predicted molar refractivity (Wildman–Crippen MR) is 96.2 cm³/mol. The van der Waals surface area contributed by atoms with Crippen LogP contribution in [0.15, 0.2) is 58.1 Å². The zero-order valence-corrected chi connectivity index (χ0v) is 14.2. The van der Waals surface area contributed by atoms with Gasteiger partial charge in [-0.05, 0) is 36.8 Å². The van der Waals surface area contributed by atoms with Crippen molar-refractivity contribution < 1.29 is 9.84 Å². The van der Waals surface area contributed by atoms with E-state index in [4.69, 9.17) is 4.74 Å². The van der Waals surface area contributed by atoms with Crippen molar-refractivity contribution >= 4 is 10.9 Å². The lowest BCUT2D eigenvalue weighted by Crippen LogP contribution is -2.41. The quantitative estimate of drug-likeness (QED) is 0.766. The standard InChI is InChI=1S/C19H20N2O4/c1-13(22)11-20-17-6-4-3-5-16(17)18(23)21(19(20)24)12-14-7-9-15(25-2)10-8-14/h3-10,13,22H,11-12H2,1-2H3. The van der Waals surface area contributed by atoms with Gasteiger partial charge in [0.05, 0.1) is 37.2 Å². The van der Waals surface area contributed by atoms with Gasteiger partial charge in [0.1, 0.15) is 5.75 Å². The Kier molecular flexibility index (Phi) is 4.72. The van der Waals surface area contributed by atoms with Crippen molar-refractivity contribution in [2.45, 2.75) is 26.1 Å². The number of nitrogens with zero attached hydrogens (tertiary/aromatic N) is 2. The number of methoxy groups -OCH3 is 1. The Bertz CT molecular complexity index is 1000. The molecule has 3 rings (SSSR count). The molecule has 25 heavy (non-hydrogen) atoms. The number of hydrogen-bond donors (Lipinski definition) is 1. The van der Waals surface area contributed by atoms with E-state index in [1.807, 2.05) is 12.1 Å². The number of aliphatic hydroxyl groups is 1. The minimum absolute atomic E-state index is 0.127. The molecule has 0 amide bonds. The SMILES string of the molecule is COc1ccc(Cn2c(=O)c3ccccc3n(CC(C)O)c2=O)cc1. The molecule has 0 bridgehead atoms. The van der Waals surface area contributed by atoms with Gasteiger partial charge < -0.3 is 9.84 Å². The molecule has 0 spiro atoms. The zero-order chi connectivity index (χ0) is 18.0. The van der Waals surface area contributed by atoms with Crippen molar-refractivity contribution in [2.24, 2.45) is 0 Å². The molecule has 3 aromatic rings. The van der Waals surface area contributed by atoms with Crippen molar-refractivity contribution in [2.75, 3.05) is 7.11 Å². The van der Waals surface area contributed by atoms with Gasteiger partial charge in [0.15, 0.2) is 0 Å². The van der Waals surface area contributed by atoms with Crippen LogP contribution >= 0.6 is 0 Å². The molecule has 2 aromatic carbocycles. The van der Waals surface area contributed by atoms with E-state index in [1.54, 1.807) is 50.4 Å². The second-order valence-electron chi connectivity index (χ2n) is 6.00. The molecular formula is C19H20N2O4. The molecule has 0 saturated carbocycles. The summed E-state index contributed by atoms with van der Waals surface area (Å²) in [6.07, 6.45) is -0.701. The Hall–Kier alpha value is -2.86. The molecule has 1 unspecified atom stereocenters. The maximum absolute atomic E-state index is 12.9. The molecule has 6 heteroatoms. The summed E-state index contributed by atoms with van der Waals surface area (Å²) < 4.78 is 7.78. The van der Waals surface area contributed by atoms with E-state index in [0.717, 1.165) is 5.56 Å². The smallest absolute Gasteiger partial charge is 0.331 e. The van der Waals surface area contributed by atoms with Gasteiger partial charge in [-0.1, -0.05) is 24.3 Å². The lowest BCUT2D eigenvalue weighted by atomic mass is 10.2. The number of aromatic nitrogens is 2. The van der Waals surface area contributed by atoms with Crippen LogP contribution in [0.3, 0.4) is 0 Å². The molecule has 0 fully saturated rings. The summed E-state index contributed by atoms with van der Waals surface area (Å²) in [5.74, 6) is 0.709. The molecule has 1 atom stereocenters. The van der Waals surface area contributed by atoms with Crippen LogP contribution in [0.5, 0.6) is 5.75 Å². The molecule has 0 saturated heterocycles. The summed E-state index contributed by atoms with van der Waals surface area (Å²) in [6, 6.07) is 14.2. The first kappa shape index (κ1) is 17.0. The van der Waals surface area contributed by atoms with E-state index in [2.05, 4.69) is 0 Å². The Labute approximate surface area is 144 Å². The first-order valence-electron chi connectivity index (χ1n) is 8.04. The van der Waals surface area contributed by atoms with Crippen molar-refractivity contribution in [1.82, 2.24) is 9.13 Å². The van der Waals surface area contributed by atoms with Gasteiger partial charge in [0.2, 0.25) is 0 Å². The third kappa shape index (κ3) is 3.34. The highest BCUT2D eigenvalue weighted by Gasteiger charge is 2.14. The average molecular weight is 340 g/mol.